The number of benzene rings is 3. The van der Waals surface area contributed by atoms with Crippen LogP contribution in [-0.4, -0.2) is 31.1 Å². The lowest BCUT2D eigenvalue weighted by Gasteiger charge is -2.29. The number of anilines is 1. The molecular weight excluding hydrogens is 621 g/mol. The Hall–Kier alpha value is -3.32. The highest BCUT2D eigenvalue weighted by Crippen LogP contribution is 2.46. The predicted octanol–water partition coefficient (Wildman–Crippen LogP) is 12.1. The Kier molecular flexibility index (Phi) is 13.6. The molecule has 0 saturated carbocycles. The molecule has 0 amide bonds. The standard InChI is InChI=1S/C42H55F3N2O2/c1-3-5-7-9-11-14-24-46(25-15-12-10-8-6-4-2)31-32-18-21-35(38(28-32)42(43,44)45)41-36-22-19-33(47-26-16-13-17-27-47)29-39(36)49-40-30-34(48)20-23-37(40)41/h18-23,28-30H,3-17,24-27,31H2,1-2H3. The first-order valence-electron chi connectivity index (χ1n) is 19.0. The van der Waals surface area contributed by atoms with Crippen LogP contribution >= 0.6 is 0 Å². The summed E-state index contributed by atoms with van der Waals surface area (Å²) in [7, 11) is 0. The highest BCUT2D eigenvalue weighted by molar-refractivity contribution is 6.03. The normalized spacial score (nSPS) is 14.0. The Bertz CT molecular complexity index is 1620. The third-order valence-corrected chi connectivity index (χ3v) is 10.1. The first-order chi connectivity index (χ1) is 23.8. The second kappa shape index (κ2) is 18.1. The molecule has 0 unspecified atom stereocenters. The second-order valence-corrected chi connectivity index (χ2v) is 14.1. The largest absolute Gasteiger partial charge is 0.456 e. The van der Waals surface area contributed by atoms with Crippen LogP contribution in [0.4, 0.5) is 18.9 Å². The van der Waals surface area contributed by atoms with Crippen molar-refractivity contribution in [1.82, 2.24) is 4.90 Å². The molecule has 2 heterocycles. The highest BCUT2D eigenvalue weighted by atomic mass is 19.4. The maximum absolute atomic E-state index is 15.0. The fraction of sp³-hybridized carbons (Fsp3) is 0.548. The molecule has 1 aliphatic carbocycles. The van der Waals surface area contributed by atoms with Gasteiger partial charge in [-0.3, -0.25) is 9.69 Å². The van der Waals surface area contributed by atoms with Gasteiger partial charge >= 0.3 is 6.18 Å². The van der Waals surface area contributed by atoms with Gasteiger partial charge in [0.25, 0.3) is 0 Å². The lowest BCUT2D eigenvalue weighted by atomic mass is 9.89. The number of hydrogen-bond acceptors (Lipinski definition) is 4. The molecule has 0 N–H and O–H groups in total. The van der Waals surface area contributed by atoms with Crippen LogP contribution in [0.1, 0.15) is 121 Å². The summed E-state index contributed by atoms with van der Waals surface area (Å²) in [4.78, 5) is 17.0. The van der Waals surface area contributed by atoms with Gasteiger partial charge in [0.15, 0.2) is 5.43 Å². The zero-order valence-corrected chi connectivity index (χ0v) is 29.7. The third kappa shape index (κ3) is 10.1. The van der Waals surface area contributed by atoms with E-state index in [-0.39, 0.29) is 11.0 Å². The number of alkyl halides is 3. The van der Waals surface area contributed by atoms with E-state index in [9.17, 15) is 4.79 Å². The highest BCUT2D eigenvalue weighted by Gasteiger charge is 2.35. The van der Waals surface area contributed by atoms with E-state index in [4.69, 9.17) is 4.42 Å². The first-order valence-corrected chi connectivity index (χ1v) is 19.0. The molecule has 0 aromatic heterocycles. The van der Waals surface area contributed by atoms with Crippen molar-refractivity contribution >= 4 is 16.7 Å². The van der Waals surface area contributed by atoms with E-state index in [0.717, 1.165) is 70.4 Å². The van der Waals surface area contributed by atoms with Crippen LogP contribution < -0.4 is 10.3 Å². The molecule has 49 heavy (non-hydrogen) atoms. The van der Waals surface area contributed by atoms with Crippen molar-refractivity contribution in [2.45, 2.75) is 123 Å². The van der Waals surface area contributed by atoms with E-state index < -0.39 is 11.7 Å². The Balaban J connectivity index is 1.47. The van der Waals surface area contributed by atoms with Gasteiger partial charge in [0, 0.05) is 54.0 Å². The number of fused-ring (bicyclic) bond motifs is 2. The van der Waals surface area contributed by atoms with Crippen LogP contribution in [0.3, 0.4) is 0 Å². The van der Waals surface area contributed by atoms with Crippen molar-refractivity contribution in [2.75, 3.05) is 31.1 Å². The summed E-state index contributed by atoms with van der Waals surface area (Å²) < 4.78 is 51.3. The molecule has 4 nitrogen and oxygen atoms in total. The molecule has 1 fully saturated rings. The van der Waals surface area contributed by atoms with E-state index in [1.807, 2.05) is 24.3 Å². The molecule has 0 spiro atoms. The van der Waals surface area contributed by atoms with Crippen molar-refractivity contribution in [1.29, 1.82) is 0 Å². The molecule has 5 rings (SSSR count). The van der Waals surface area contributed by atoms with Crippen molar-refractivity contribution in [2.24, 2.45) is 0 Å². The van der Waals surface area contributed by atoms with Gasteiger partial charge in [0.1, 0.15) is 11.3 Å². The number of nitrogens with zero attached hydrogens (tertiary/aromatic N) is 2. The topological polar surface area (TPSA) is 36.7 Å². The number of piperidine rings is 1. The van der Waals surface area contributed by atoms with E-state index >= 15 is 13.2 Å². The van der Waals surface area contributed by atoms with E-state index in [1.54, 1.807) is 12.1 Å². The first kappa shape index (κ1) is 36.9. The molecule has 2 aromatic carbocycles. The Morgan fingerprint density at radius 3 is 2.00 bits per heavy atom. The molecule has 0 radical (unpaired) electrons. The maximum atomic E-state index is 15.0. The van der Waals surface area contributed by atoms with Gasteiger partial charge in [-0.25, -0.2) is 0 Å². The summed E-state index contributed by atoms with van der Waals surface area (Å²) in [6, 6.07) is 15.1. The van der Waals surface area contributed by atoms with Crippen molar-refractivity contribution in [3.05, 3.63) is 75.9 Å². The average molecular weight is 677 g/mol. The van der Waals surface area contributed by atoms with Crippen LogP contribution in [0.5, 0.6) is 0 Å². The minimum absolute atomic E-state index is 0.116. The van der Waals surface area contributed by atoms with E-state index in [1.165, 1.54) is 76.0 Å². The average Bonchev–Trinajstić information content (AvgIpc) is 3.09. The molecule has 3 aliphatic rings. The fourth-order valence-electron chi connectivity index (χ4n) is 7.40. The quantitative estimate of drug-likeness (QED) is 0.0776. The molecule has 2 aliphatic heterocycles. The van der Waals surface area contributed by atoms with Gasteiger partial charge in [-0.15, -0.1) is 0 Å². The van der Waals surface area contributed by atoms with Crippen LogP contribution in [0.2, 0.25) is 0 Å². The third-order valence-electron chi connectivity index (χ3n) is 10.1. The number of hydrogen-bond donors (Lipinski definition) is 0. The van der Waals surface area contributed by atoms with Crippen LogP contribution in [0.25, 0.3) is 33.4 Å². The summed E-state index contributed by atoms with van der Waals surface area (Å²) in [5.41, 5.74) is 2.33. The summed E-state index contributed by atoms with van der Waals surface area (Å²) in [5, 5.41) is 0.609. The summed E-state index contributed by atoms with van der Waals surface area (Å²) in [6.07, 6.45) is 13.1. The van der Waals surface area contributed by atoms with Gasteiger partial charge in [-0.1, -0.05) is 90.2 Å². The number of rotatable bonds is 18. The second-order valence-electron chi connectivity index (χ2n) is 14.1. The number of halogens is 3. The van der Waals surface area contributed by atoms with Gasteiger partial charge in [0.2, 0.25) is 0 Å². The summed E-state index contributed by atoms with van der Waals surface area (Å²) in [6.45, 7) is 8.60. The van der Waals surface area contributed by atoms with Gasteiger partial charge in [-0.2, -0.15) is 13.2 Å². The summed E-state index contributed by atoms with van der Waals surface area (Å²) >= 11 is 0. The molecule has 1 saturated heterocycles. The monoisotopic (exact) mass is 676 g/mol. The van der Waals surface area contributed by atoms with Crippen LogP contribution in [0, 0.1) is 0 Å². The van der Waals surface area contributed by atoms with Gasteiger partial charge < -0.3 is 9.32 Å². The lowest BCUT2D eigenvalue weighted by molar-refractivity contribution is -0.137. The molecule has 0 bridgehead atoms. The SMILES string of the molecule is CCCCCCCCN(CCCCCCCC)Cc1ccc(-c2c3ccc(=O)cc-3oc3cc(N4CCCCC4)ccc23)c(C(F)(F)F)c1. The van der Waals surface area contributed by atoms with Crippen molar-refractivity contribution in [3.63, 3.8) is 0 Å². The summed E-state index contributed by atoms with van der Waals surface area (Å²) in [5.74, 6) is 0.298. The molecule has 266 valence electrons. The number of unbranched alkanes of at least 4 members (excludes halogenated alkanes) is 10. The van der Waals surface area contributed by atoms with E-state index in [2.05, 4.69) is 23.6 Å². The van der Waals surface area contributed by atoms with E-state index in [0.29, 0.717) is 40.0 Å². The lowest BCUT2D eigenvalue weighted by Crippen LogP contribution is -2.29. The minimum Gasteiger partial charge on any atom is -0.456 e. The minimum atomic E-state index is -4.56. The maximum Gasteiger partial charge on any atom is 0.417 e. The van der Waals surface area contributed by atoms with Crippen LogP contribution in [0.15, 0.2) is 63.8 Å². The molecule has 7 heteroatoms. The molecule has 0 atom stereocenters. The van der Waals surface area contributed by atoms with Gasteiger partial charge in [-0.05, 0) is 86.7 Å². The zero-order chi connectivity index (χ0) is 34.6. The molecule has 2 aromatic rings. The molecular formula is C42H55F3N2O2. The van der Waals surface area contributed by atoms with Crippen molar-refractivity contribution < 1.29 is 17.6 Å². The zero-order valence-electron chi connectivity index (χ0n) is 29.7. The fourth-order valence-corrected chi connectivity index (χ4v) is 7.40. The smallest absolute Gasteiger partial charge is 0.417 e. The van der Waals surface area contributed by atoms with Gasteiger partial charge in [0.05, 0.1) is 5.56 Å². The van der Waals surface area contributed by atoms with Crippen LogP contribution in [-0.2, 0) is 12.7 Å². The Labute approximate surface area is 291 Å². The van der Waals surface area contributed by atoms with Crippen molar-refractivity contribution in [3.8, 4) is 22.5 Å². The predicted molar refractivity (Wildman–Crippen MR) is 198 cm³/mol. The Morgan fingerprint density at radius 2 is 1.35 bits per heavy atom. The Morgan fingerprint density at radius 1 is 0.714 bits per heavy atom.